The molecule has 1 aromatic carbocycles. The predicted octanol–water partition coefficient (Wildman–Crippen LogP) is 5.38. The highest BCUT2D eigenvalue weighted by atomic mass is 32.2. The summed E-state index contributed by atoms with van der Waals surface area (Å²) in [5.74, 6) is -4.05. The largest absolute Gasteiger partial charge is 0.458 e. The molecule has 2 saturated heterocycles. The van der Waals surface area contributed by atoms with E-state index < -0.39 is 49.0 Å². The Kier molecular flexibility index (Phi) is 11.8. The fourth-order valence-electron chi connectivity index (χ4n) is 9.17. The lowest BCUT2D eigenvalue weighted by Gasteiger charge is -2.35. The number of pyridine rings is 1. The van der Waals surface area contributed by atoms with E-state index in [1.54, 1.807) is 7.11 Å². The van der Waals surface area contributed by atoms with Gasteiger partial charge in [-0.2, -0.15) is 0 Å². The van der Waals surface area contributed by atoms with Gasteiger partial charge in [-0.3, -0.25) is 29.4 Å². The van der Waals surface area contributed by atoms with Gasteiger partial charge >= 0.3 is 5.97 Å². The summed E-state index contributed by atoms with van der Waals surface area (Å²) in [6.45, 7) is 11.0. The number of esters is 1. The topological polar surface area (TPSA) is 134 Å². The monoisotopic (exact) mass is 834 g/mol. The summed E-state index contributed by atoms with van der Waals surface area (Å²) in [6, 6.07) is 5.81. The van der Waals surface area contributed by atoms with Gasteiger partial charge in [-0.25, -0.2) is 14.2 Å². The van der Waals surface area contributed by atoms with E-state index in [9.17, 15) is 14.4 Å². The lowest BCUT2D eigenvalue weighted by Crippen LogP contribution is -2.60. The quantitative estimate of drug-likeness (QED) is 0.300. The summed E-state index contributed by atoms with van der Waals surface area (Å²) in [5.41, 5.74) is 7.94. The van der Waals surface area contributed by atoms with Crippen molar-refractivity contribution in [3.8, 4) is 11.3 Å². The molecule has 3 fully saturated rings. The third kappa shape index (κ3) is 8.34. The smallest absolute Gasteiger partial charge is 0.325 e. The number of aliphatic imine (C=N–C) groups is 1. The van der Waals surface area contributed by atoms with Crippen molar-refractivity contribution in [2.75, 3.05) is 64.1 Å². The zero-order valence-electron chi connectivity index (χ0n) is 34.8. The number of likely N-dealkylation sites (N-methyl/N-ethyl adjacent to an activating group) is 1. The number of carbonyl (C=O) groups is 3. The third-order valence-corrected chi connectivity index (χ3v) is 14.2. The molecule has 6 bridgehead atoms. The molecule has 4 aliphatic heterocycles. The molecule has 2 amide bonds. The maximum absolute atomic E-state index is 16.6. The second-order valence-electron chi connectivity index (χ2n) is 17.0. The molecule has 7 atom stereocenters. The zero-order chi connectivity index (χ0) is 41.7. The normalized spacial score (nSPS) is 28.2. The van der Waals surface area contributed by atoms with Crippen LogP contribution in [0.1, 0.15) is 75.9 Å². The molecular formula is C43H56F2N8O5S. The van der Waals surface area contributed by atoms with Gasteiger partial charge in [0.25, 0.3) is 11.8 Å². The molecule has 59 heavy (non-hydrogen) atoms. The molecule has 2 unspecified atom stereocenters. The van der Waals surface area contributed by atoms with Gasteiger partial charge in [0.05, 0.1) is 40.5 Å². The average molecular weight is 835 g/mol. The highest BCUT2D eigenvalue weighted by Crippen LogP contribution is 2.46. The summed E-state index contributed by atoms with van der Waals surface area (Å²) >= 11 is 1.54. The number of rotatable bonds is 7. The lowest BCUT2D eigenvalue weighted by atomic mass is 9.95. The molecule has 6 heterocycles. The number of methoxy groups -OCH3 is 1. The second-order valence-corrected chi connectivity index (χ2v) is 18.0. The number of cyclic esters (lactones) is 1. The molecule has 8 rings (SSSR count). The first-order chi connectivity index (χ1) is 28.3. The van der Waals surface area contributed by atoms with Gasteiger partial charge < -0.3 is 29.2 Å². The summed E-state index contributed by atoms with van der Waals surface area (Å²) in [5, 5.41) is 5.74. The number of aromatic nitrogens is 2. The number of alkyl halides is 2. The SMILES string of the molecule is CCn1c(-c2cc(N3CCN(C)CC3)cnc2[C@H](C)OC)c2c3cc(ccc31)C1CSC(=N1)C[C@H](NC(=O)C1[C@@H](C)[C@H]1C)C(=O)N1CCC[C@H](N1)C(=O)OCC(F)(F)C2. The number of amides is 2. The molecule has 0 spiro atoms. The molecule has 2 aromatic heterocycles. The number of nitrogens with one attached hydrogen (secondary N) is 2. The van der Waals surface area contributed by atoms with Crippen molar-refractivity contribution < 1.29 is 32.6 Å². The third-order valence-electron chi connectivity index (χ3n) is 13.1. The molecule has 3 aromatic rings. The fraction of sp³-hybridized carbons (Fsp3) is 0.605. The maximum atomic E-state index is 16.6. The number of ether oxygens (including phenoxy) is 2. The van der Waals surface area contributed by atoms with Crippen LogP contribution >= 0.6 is 11.8 Å². The number of fused-ring (bicyclic) bond motifs is 5. The minimum atomic E-state index is -3.46. The van der Waals surface area contributed by atoms with Crippen molar-refractivity contribution in [3.05, 3.63) is 47.3 Å². The lowest BCUT2D eigenvalue weighted by molar-refractivity contribution is -0.162. The second kappa shape index (κ2) is 16.7. The van der Waals surface area contributed by atoms with Gasteiger partial charge in [-0.15, -0.1) is 11.8 Å². The molecule has 0 radical (unpaired) electrons. The molecule has 13 nitrogen and oxygen atoms in total. The Morgan fingerprint density at radius 3 is 2.61 bits per heavy atom. The molecule has 1 aliphatic carbocycles. The Balaban J connectivity index is 1.24. The number of halogens is 2. The molecule has 1 saturated carbocycles. The van der Waals surface area contributed by atoms with Crippen molar-refractivity contribution in [2.24, 2.45) is 22.7 Å². The number of piperazine rings is 1. The first-order valence-corrected chi connectivity index (χ1v) is 22.0. The summed E-state index contributed by atoms with van der Waals surface area (Å²) < 4.78 is 46.5. The van der Waals surface area contributed by atoms with Gasteiger partial charge in [0, 0.05) is 87.4 Å². The molecular weight excluding hydrogens is 779 g/mol. The Bertz CT molecular complexity index is 2130. The maximum Gasteiger partial charge on any atom is 0.325 e. The van der Waals surface area contributed by atoms with E-state index in [1.807, 2.05) is 52.1 Å². The van der Waals surface area contributed by atoms with Crippen LogP contribution < -0.4 is 15.6 Å². The van der Waals surface area contributed by atoms with Gasteiger partial charge in [0.15, 0.2) is 6.61 Å². The van der Waals surface area contributed by atoms with Gasteiger partial charge in [-0.1, -0.05) is 19.9 Å². The highest BCUT2D eigenvalue weighted by molar-refractivity contribution is 8.14. The zero-order valence-corrected chi connectivity index (χ0v) is 35.6. The average Bonchev–Trinajstić information content (AvgIpc) is 3.50. The number of carbonyl (C=O) groups excluding carboxylic acids is 3. The van der Waals surface area contributed by atoms with Crippen LogP contribution in [0, 0.1) is 17.8 Å². The van der Waals surface area contributed by atoms with Crippen molar-refractivity contribution in [1.82, 2.24) is 30.2 Å². The summed E-state index contributed by atoms with van der Waals surface area (Å²) in [7, 11) is 3.71. The number of hydrogen-bond acceptors (Lipinski definition) is 11. The number of thioether (sulfide) groups is 1. The Morgan fingerprint density at radius 2 is 1.90 bits per heavy atom. The van der Waals surface area contributed by atoms with E-state index in [1.165, 1.54) is 16.8 Å². The van der Waals surface area contributed by atoms with Crippen LogP contribution in [0.15, 0.2) is 35.5 Å². The fourth-order valence-corrected chi connectivity index (χ4v) is 10.3. The first-order valence-electron chi connectivity index (χ1n) is 21.0. The number of nitrogens with zero attached hydrogens (tertiary/aromatic N) is 6. The van der Waals surface area contributed by atoms with E-state index in [-0.39, 0.29) is 42.7 Å². The van der Waals surface area contributed by atoms with Crippen molar-refractivity contribution >= 4 is 51.2 Å². The number of aryl methyl sites for hydroxylation is 1. The standard InChI is InChI=1S/C43H56F2N8O5S/c1-7-52-35-11-10-27-17-29(35)31(39(52)30-18-28(21-46-38(30)26(4)57-6)51-15-13-50(5)14-16-51)20-43(44,45)23-58-42(56)32-9-8-12-53(49-32)41(55)33(19-36-47-34(27)22-59-36)48-40(54)37-24(2)25(37)3/h10-11,17-18,21,24-26,32-34,37,49H,7-9,12-16,19-20,22-23H2,1-6H3,(H,48,54)/t24-,25+,26-,32-,33-,34?,37?/m0/s1. The Morgan fingerprint density at radius 1 is 1.14 bits per heavy atom. The van der Waals surface area contributed by atoms with E-state index in [0.717, 1.165) is 53.6 Å². The highest BCUT2D eigenvalue weighted by Gasteiger charge is 2.49. The van der Waals surface area contributed by atoms with E-state index in [4.69, 9.17) is 19.5 Å². The Hall–Kier alpha value is -4.12. The molecule has 318 valence electrons. The summed E-state index contributed by atoms with van der Waals surface area (Å²) in [4.78, 5) is 55.6. The van der Waals surface area contributed by atoms with Crippen molar-refractivity contribution in [2.45, 2.75) is 90.1 Å². The van der Waals surface area contributed by atoms with Crippen LogP contribution in [0.4, 0.5) is 14.5 Å². The van der Waals surface area contributed by atoms with Crippen LogP contribution in [-0.4, -0.2) is 120 Å². The molecule has 16 heteroatoms. The van der Waals surface area contributed by atoms with E-state index in [2.05, 4.69) is 38.2 Å². The van der Waals surface area contributed by atoms with Crippen molar-refractivity contribution in [1.29, 1.82) is 0 Å². The van der Waals surface area contributed by atoms with Gasteiger partial charge in [0.2, 0.25) is 5.91 Å². The summed E-state index contributed by atoms with van der Waals surface area (Å²) in [6.07, 6.45) is 1.68. The molecule has 5 aliphatic rings. The number of anilines is 1. The number of hydrogen-bond donors (Lipinski definition) is 2. The van der Waals surface area contributed by atoms with Crippen LogP contribution in [0.3, 0.4) is 0 Å². The van der Waals surface area contributed by atoms with Crippen molar-refractivity contribution in [3.63, 3.8) is 0 Å². The van der Waals surface area contributed by atoms with E-state index >= 15 is 8.78 Å². The van der Waals surface area contributed by atoms with Gasteiger partial charge in [-0.05, 0) is 74.9 Å². The van der Waals surface area contributed by atoms with Crippen LogP contribution in [0.2, 0.25) is 0 Å². The first kappa shape index (κ1) is 41.6. The number of benzene rings is 1. The molecule has 2 N–H and O–H groups in total. The van der Waals surface area contributed by atoms with Crippen LogP contribution in [0.5, 0.6) is 0 Å². The minimum absolute atomic E-state index is 0.178. The van der Waals surface area contributed by atoms with E-state index in [0.29, 0.717) is 47.5 Å². The van der Waals surface area contributed by atoms with Crippen LogP contribution in [-0.2, 0) is 36.8 Å². The minimum Gasteiger partial charge on any atom is -0.458 e. The Labute approximate surface area is 348 Å². The number of hydrazine groups is 1. The van der Waals surface area contributed by atoms with Crippen LogP contribution in [0.25, 0.3) is 22.2 Å². The predicted molar refractivity (Wildman–Crippen MR) is 224 cm³/mol. The van der Waals surface area contributed by atoms with Gasteiger partial charge in [0.1, 0.15) is 12.1 Å².